The molecule has 0 aliphatic carbocycles. The smallest absolute Gasteiger partial charge is 0.272 e. The van der Waals surface area contributed by atoms with Gasteiger partial charge >= 0.3 is 0 Å². The lowest BCUT2D eigenvalue weighted by Gasteiger charge is -2.15. The van der Waals surface area contributed by atoms with E-state index in [0.717, 1.165) is 36.0 Å². The topological polar surface area (TPSA) is 91.9 Å². The molecule has 0 saturated carbocycles. The predicted octanol–water partition coefficient (Wildman–Crippen LogP) is 1.63. The van der Waals surface area contributed by atoms with E-state index in [0.29, 0.717) is 18.0 Å². The van der Waals surface area contributed by atoms with E-state index in [1.807, 2.05) is 30.3 Å². The summed E-state index contributed by atoms with van der Waals surface area (Å²) in [6.45, 7) is 2.15. The van der Waals surface area contributed by atoms with Crippen LogP contribution in [0.25, 0.3) is 10.9 Å². The Kier molecular flexibility index (Phi) is 4.30. The third-order valence-corrected chi connectivity index (χ3v) is 4.30. The first-order chi connectivity index (χ1) is 12.3. The highest BCUT2D eigenvalue weighted by Gasteiger charge is 2.18. The summed E-state index contributed by atoms with van der Waals surface area (Å²) in [5.41, 5.74) is 2.14. The minimum absolute atomic E-state index is 0.147. The van der Waals surface area contributed by atoms with Gasteiger partial charge in [-0.15, -0.1) is 0 Å². The highest BCUT2D eigenvalue weighted by atomic mass is 16.5. The van der Waals surface area contributed by atoms with E-state index in [1.54, 1.807) is 12.4 Å². The van der Waals surface area contributed by atoms with Gasteiger partial charge in [-0.1, -0.05) is 18.2 Å². The SMILES string of the molecule is O=C(NCc1ccncc1O[C@H]1CCNC1)c1n[nH]c2ccccc12. The van der Waals surface area contributed by atoms with E-state index in [4.69, 9.17) is 4.74 Å². The lowest BCUT2D eigenvalue weighted by Crippen LogP contribution is -2.25. The first-order valence-corrected chi connectivity index (χ1v) is 8.33. The number of aromatic amines is 1. The van der Waals surface area contributed by atoms with Crippen LogP contribution in [0.2, 0.25) is 0 Å². The molecule has 0 spiro atoms. The number of benzene rings is 1. The zero-order valence-electron chi connectivity index (χ0n) is 13.7. The Morgan fingerprint density at radius 1 is 1.32 bits per heavy atom. The predicted molar refractivity (Wildman–Crippen MR) is 93.4 cm³/mol. The Bertz CT molecular complexity index is 886. The van der Waals surface area contributed by atoms with Crippen LogP contribution >= 0.6 is 0 Å². The number of pyridine rings is 1. The number of rotatable bonds is 5. The number of nitrogens with zero attached hydrogens (tertiary/aromatic N) is 2. The quantitative estimate of drug-likeness (QED) is 0.658. The summed E-state index contributed by atoms with van der Waals surface area (Å²) in [5.74, 6) is 0.492. The number of ether oxygens (including phenoxy) is 1. The molecule has 3 aromatic rings. The van der Waals surface area contributed by atoms with Gasteiger partial charge in [-0.05, 0) is 25.1 Å². The van der Waals surface area contributed by atoms with Crippen molar-refractivity contribution in [3.63, 3.8) is 0 Å². The van der Waals surface area contributed by atoms with Crippen molar-refractivity contribution in [2.75, 3.05) is 13.1 Å². The molecule has 1 saturated heterocycles. The molecule has 0 unspecified atom stereocenters. The number of carbonyl (C=O) groups excluding carboxylic acids is 1. The van der Waals surface area contributed by atoms with Gasteiger partial charge in [-0.2, -0.15) is 5.10 Å². The van der Waals surface area contributed by atoms with Crippen molar-refractivity contribution in [1.29, 1.82) is 0 Å². The van der Waals surface area contributed by atoms with E-state index < -0.39 is 0 Å². The highest BCUT2D eigenvalue weighted by Crippen LogP contribution is 2.20. The number of para-hydroxylation sites is 1. The van der Waals surface area contributed by atoms with Crippen molar-refractivity contribution in [3.8, 4) is 5.75 Å². The molecule has 4 rings (SSSR count). The summed E-state index contributed by atoms with van der Waals surface area (Å²) in [7, 11) is 0. The van der Waals surface area contributed by atoms with Gasteiger partial charge in [0.15, 0.2) is 5.69 Å². The Hall–Kier alpha value is -2.93. The Labute approximate surface area is 144 Å². The summed E-state index contributed by atoms with van der Waals surface area (Å²) in [4.78, 5) is 16.6. The number of carbonyl (C=O) groups is 1. The molecule has 3 N–H and O–H groups in total. The van der Waals surface area contributed by atoms with Gasteiger partial charge in [-0.3, -0.25) is 14.9 Å². The summed E-state index contributed by atoms with van der Waals surface area (Å²) in [6, 6.07) is 9.42. The van der Waals surface area contributed by atoms with Crippen LogP contribution in [0.5, 0.6) is 5.75 Å². The van der Waals surface area contributed by atoms with Crippen LogP contribution in [0.4, 0.5) is 0 Å². The fraction of sp³-hybridized carbons (Fsp3) is 0.278. The molecule has 1 atom stereocenters. The van der Waals surface area contributed by atoms with Gasteiger partial charge in [0.05, 0.1) is 11.7 Å². The number of aromatic nitrogens is 3. The fourth-order valence-corrected chi connectivity index (χ4v) is 2.97. The summed E-state index contributed by atoms with van der Waals surface area (Å²) >= 11 is 0. The summed E-state index contributed by atoms with van der Waals surface area (Å²) in [5, 5.41) is 14.0. The van der Waals surface area contributed by atoms with Gasteiger partial charge in [0.2, 0.25) is 0 Å². The summed E-state index contributed by atoms with van der Waals surface area (Å²) in [6.07, 6.45) is 4.52. The molecule has 25 heavy (non-hydrogen) atoms. The lowest BCUT2D eigenvalue weighted by molar-refractivity contribution is 0.0947. The van der Waals surface area contributed by atoms with Crippen molar-refractivity contribution >= 4 is 16.8 Å². The van der Waals surface area contributed by atoms with Gasteiger partial charge in [0.1, 0.15) is 11.9 Å². The second kappa shape index (κ2) is 6.90. The average Bonchev–Trinajstić information content (AvgIpc) is 3.30. The fourth-order valence-electron chi connectivity index (χ4n) is 2.97. The molecule has 1 aromatic carbocycles. The highest BCUT2D eigenvalue weighted by molar-refractivity contribution is 6.04. The minimum Gasteiger partial charge on any atom is -0.487 e. The van der Waals surface area contributed by atoms with Crippen molar-refractivity contribution < 1.29 is 9.53 Å². The number of fused-ring (bicyclic) bond motifs is 1. The van der Waals surface area contributed by atoms with E-state index in [1.165, 1.54) is 0 Å². The minimum atomic E-state index is -0.220. The second-order valence-corrected chi connectivity index (χ2v) is 6.02. The number of nitrogens with one attached hydrogen (secondary N) is 3. The molecular formula is C18H19N5O2. The molecule has 0 radical (unpaired) electrons. The largest absolute Gasteiger partial charge is 0.487 e. The molecule has 7 nitrogen and oxygen atoms in total. The Morgan fingerprint density at radius 3 is 3.12 bits per heavy atom. The Balaban J connectivity index is 1.46. The maximum absolute atomic E-state index is 12.5. The van der Waals surface area contributed by atoms with Crippen molar-refractivity contribution in [2.24, 2.45) is 0 Å². The van der Waals surface area contributed by atoms with E-state index in [-0.39, 0.29) is 12.0 Å². The second-order valence-electron chi connectivity index (χ2n) is 6.02. The number of H-pyrrole nitrogens is 1. The molecule has 1 amide bonds. The van der Waals surface area contributed by atoms with E-state index in [9.17, 15) is 4.79 Å². The van der Waals surface area contributed by atoms with Crippen molar-refractivity contribution in [1.82, 2.24) is 25.8 Å². The standard InChI is InChI=1S/C18H19N5O2/c24-18(17-14-3-1-2-4-15(14)22-23-17)21-9-12-5-7-20-11-16(12)25-13-6-8-19-10-13/h1-5,7,11,13,19H,6,8-10H2,(H,21,24)(H,22,23)/t13-/m0/s1. The van der Waals surface area contributed by atoms with Crippen molar-refractivity contribution in [2.45, 2.75) is 19.1 Å². The van der Waals surface area contributed by atoms with Crippen LogP contribution < -0.4 is 15.4 Å². The molecule has 1 fully saturated rings. The van der Waals surface area contributed by atoms with Crippen LogP contribution in [0.1, 0.15) is 22.5 Å². The van der Waals surface area contributed by atoms with Crippen LogP contribution in [0.15, 0.2) is 42.7 Å². The third-order valence-electron chi connectivity index (χ3n) is 4.30. The van der Waals surface area contributed by atoms with E-state index in [2.05, 4.69) is 25.8 Å². The first-order valence-electron chi connectivity index (χ1n) is 8.33. The van der Waals surface area contributed by atoms with Crippen molar-refractivity contribution in [3.05, 3.63) is 54.0 Å². The zero-order chi connectivity index (χ0) is 17.1. The molecular weight excluding hydrogens is 318 g/mol. The van der Waals surface area contributed by atoms with Crippen LogP contribution in [-0.2, 0) is 6.54 Å². The average molecular weight is 337 g/mol. The monoisotopic (exact) mass is 337 g/mol. The number of hydrogen-bond donors (Lipinski definition) is 3. The molecule has 7 heteroatoms. The van der Waals surface area contributed by atoms with Crippen LogP contribution in [0, 0.1) is 0 Å². The van der Waals surface area contributed by atoms with E-state index >= 15 is 0 Å². The van der Waals surface area contributed by atoms with Gasteiger partial charge in [0, 0.05) is 30.2 Å². The normalized spacial score (nSPS) is 16.9. The first kappa shape index (κ1) is 15.6. The molecule has 3 heterocycles. The third kappa shape index (κ3) is 3.32. The molecule has 0 bridgehead atoms. The number of hydrogen-bond acceptors (Lipinski definition) is 5. The molecule has 1 aliphatic heterocycles. The zero-order valence-corrected chi connectivity index (χ0v) is 13.7. The Morgan fingerprint density at radius 2 is 2.24 bits per heavy atom. The van der Waals surface area contributed by atoms with Gasteiger partial charge in [0.25, 0.3) is 5.91 Å². The van der Waals surface area contributed by atoms with Crippen LogP contribution in [-0.4, -0.2) is 40.3 Å². The molecule has 2 aromatic heterocycles. The maximum atomic E-state index is 12.5. The summed E-state index contributed by atoms with van der Waals surface area (Å²) < 4.78 is 6.00. The maximum Gasteiger partial charge on any atom is 0.272 e. The molecule has 1 aliphatic rings. The van der Waals surface area contributed by atoms with Gasteiger partial charge in [-0.25, -0.2) is 0 Å². The number of amides is 1. The molecule has 128 valence electrons. The van der Waals surface area contributed by atoms with Gasteiger partial charge < -0.3 is 15.4 Å². The lowest BCUT2D eigenvalue weighted by atomic mass is 10.2. The van der Waals surface area contributed by atoms with Crippen LogP contribution in [0.3, 0.4) is 0 Å².